The van der Waals surface area contributed by atoms with E-state index in [0.29, 0.717) is 0 Å². The van der Waals surface area contributed by atoms with Crippen LogP contribution in [-0.4, -0.2) is 11.1 Å². The third kappa shape index (κ3) is 2.53. The van der Waals surface area contributed by atoms with Crippen LogP contribution in [0.3, 0.4) is 0 Å². The number of aliphatic carboxylic acids is 1. The maximum absolute atomic E-state index is 12.9. The number of carboxylic acid groups (broad SMARTS) is 1. The van der Waals surface area contributed by atoms with Crippen LogP contribution in [0.25, 0.3) is 0 Å². The molecule has 88 valence electrons. The third-order valence-electron chi connectivity index (χ3n) is 2.27. The Morgan fingerprint density at radius 3 is 2.06 bits per heavy atom. The van der Waals surface area contributed by atoms with Gasteiger partial charge in [-0.2, -0.15) is 0 Å². The molecule has 5 heteroatoms. The Bertz CT molecular complexity index is 404. The summed E-state index contributed by atoms with van der Waals surface area (Å²) >= 11 is 0. The van der Waals surface area contributed by atoms with Gasteiger partial charge in [-0.15, -0.1) is 0 Å². The second-order valence-electron chi connectivity index (χ2n) is 4.24. The predicted molar refractivity (Wildman–Crippen MR) is 51.4 cm³/mol. The summed E-state index contributed by atoms with van der Waals surface area (Å²) in [5.41, 5.74) is -1.04. The highest BCUT2D eigenvalue weighted by Crippen LogP contribution is 2.24. The van der Waals surface area contributed by atoms with Crippen molar-refractivity contribution >= 4 is 5.97 Å². The molecular formula is C11H11F3O2. The van der Waals surface area contributed by atoms with Crippen molar-refractivity contribution in [2.24, 2.45) is 5.41 Å². The van der Waals surface area contributed by atoms with Gasteiger partial charge in [0.15, 0.2) is 17.5 Å². The molecule has 0 bridgehead atoms. The van der Waals surface area contributed by atoms with E-state index in [4.69, 9.17) is 5.11 Å². The first-order chi connectivity index (χ1) is 7.24. The van der Waals surface area contributed by atoms with Crippen molar-refractivity contribution in [3.8, 4) is 0 Å². The van der Waals surface area contributed by atoms with Gasteiger partial charge in [-0.1, -0.05) is 0 Å². The lowest BCUT2D eigenvalue weighted by atomic mass is 9.86. The van der Waals surface area contributed by atoms with Gasteiger partial charge in [-0.25, -0.2) is 13.2 Å². The molecule has 0 fully saturated rings. The van der Waals surface area contributed by atoms with Crippen molar-refractivity contribution in [2.45, 2.75) is 20.3 Å². The number of halogens is 3. The first kappa shape index (κ1) is 12.5. The molecule has 0 unspecified atom stereocenters. The summed E-state index contributed by atoms with van der Waals surface area (Å²) in [6, 6.07) is 1.62. The second kappa shape index (κ2) is 4.15. The molecule has 0 aliphatic heterocycles. The zero-order chi connectivity index (χ0) is 12.5. The van der Waals surface area contributed by atoms with Crippen molar-refractivity contribution < 1.29 is 23.1 Å². The first-order valence-corrected chi connectivity index (χ1v) is 4.61. The molecule has 1 N–H and O–H groups in total. The molecule has 0 aliphatic rings. The van der Waals surface area contributed by atoms with E-state index in [2.05, 4.69) is 0 Å². The summed E-state index contributed by atoms with van der Waals surface area (Å²) in [7, 11) is 0. The van der Waals surface area contributed by atoms with Gasteiger partial charge in [-0.3, -0.25) is 4.79 Å². The number of carboxylic acids is 1. The van der Waals surface area contributed by atoms with Gasteiger partial charge in [0.05, 0.1) is 5.41 Å². The highest BCUT2D eigenvalue weighted by Gasteiger charge is 2.28. The second-order valence-corrected chi connectivity index (χ2v) is 4.24. The molecule has 2 nitrogen and oxygen atoms in total. The minimum absolute atomic E-state index is 0.0730. The average molecular weight is 232 g/mol. The highest BCUT2D eigenvalue weighted by atomic mass is 19.2. The molecule has 0 aromatic heterocycles. The summed E-state index contributed by atoms with van der Waals surface area (Å²) < 4.78 is 38.3. The SMILES string of the molecule is CC(C)(Cc1cc(F)c(F)c(F)c1)C(=O)O. The number of hydrogen-bond acceptors (Lipinski definition) is 1. The van der Waals surface area contributed by atoms with Crippen LogP contribution in [0.4, 0.5) is 13.2 Å². The van der Waals surface area contributed by atoms with E-state index in [0.717, 1.165) is 12.1 Å². The molecule has 0 aliphatic carbocycles. The molecule has 1 aromatic carbocycles. The van der Waals surface area contributed by atoms with Gasteiger partial charge < -0.3 is 5.11 Å². The smallest absolute Gasteiger partial charge is 0.309 e. The number of hydrogen-bond donors (Lipinski definition) is 1. The van der Waals surface area contributed by atoms with Gasteiger partial charge in [0.25, 0.3) is 0 Å². The molecule has 0 saturated carbocycles. The van der Waals surface area contributed by atoms with Crippen LogP contribution >= 0.6 is 0 Å². The maximum Gasteiger partial charge on any atom is 0.309 e. The van der Waals surface area contributed by atoms with Crippen molar-refractivity contribution in [1.82, 2.24) is 0 Å². The summed E-state index contributed by atoms with van der Waals surface area (Å²) in [5.74, 6) is -5.25. The summed E-state index contributed by atoms with van der Waals surface area (Å²) in [5, 5.41) is 8.83. The quantitative estimate of drug-likeness (QED) is 0.813. The van der Waals surface area contributed by atoms with E-state index < -0.39 is 28.8 Å². The van der Waals surface area contributed by atoms with Gasteiger partial charge >= 0.3 is 5.97 Å². The number of carbonyl (C=O) groups is 1. The lowest BCUT2D eigenvalue weighted by Gasteiger charge is -2.19. The zero-order valence-corrected chi connectivity index (χ0v) is 8.85. The Labute approximate surface area is 90.7 Å². The van der Waals surface area contributed by atoms with E-state index in [9.17, 15) is 18.0 Å². The normalized spacial score (nSPS) is 11.6. The third-order valence-corrected chi connectivity index (χ3v) is 2.27. The van der Waals surface area contributed by atoms with E-state index in [1.807, 2.05) is 0 Å². The molecule has 0 saturated heterocycles. The zero-order valence-electron chi connectivity index (χ0n) is 8.85. The van der Waals surface area contributed by atoms with Gasteiger partial charge in [-0.05, 0) is 38.0 Å². The fraction of sp³-hybridized carbons (Fsp3) is 0.364. The van der Waals surface area contributed by atoms with Crippen LogP contribution in [0.15, 0.2) is 12.1 Å². The van der Waals surface area contributed by atoms with Crippen molar-refractivity contribution in [3.63, 3.8) is 0 Å². The molecule has 1 aromatic rings. The van der Waals surface area contributed by atoms with Crippen LogP contribution in [0.2, 0.25) is 0 Å². The molecule has 0 radical (unpaired) electrons. The monoisotopic (exact) mass is 232 g/mol. The first-order valence-electron chi connectivity index (χ1n) is 4.61. The van der Waals surface area contributed by atoms with E-state index in [1.54, 1.807) is 0 Å². The number of rotatable bonds is 3. The Kier molecular flexibility index (Phi) is 3.26. The maximum atomic E-state index is 12.9. The Morgan fingerprint density at radius 1 is 1.25 bits per heavy atom. The van der Waals surface area contributed by atoms with Crippen LogP contribution in [0, 0.1) is 22.9 Å². The minimum atomic E-state index is -1.54. The van der Waals surface area contributed by atoms with Crippen LogP contribution < -0.4 is 0 Å². The summed E-state index contributed by atoms with van der Waals surface area (Å²) in [6.07, 6.45) is -0.0730. The van der Waals surface area contributed by atoms with Gasteiger partial charge in [0, 0.05) is 0 Å². The topological polar surface area (TPSA) is 37.3 Å². The van der Waals surface area contributed by atoms with Crippen molar-refractivity contribution in [2.75, 3.05) is 0 Å². The fourth-order valence-electron chi connectivity index (χ4n) is 1.30. The lowest BCUT2D eigenvalue weighted by Crippen LogP contribution is -2.26. The van der Waals surface area contributed by atoms with Crippen LogP contribution in [0.5, 0.6) is 0 Å². The Hall–Kier alpha value is -1.52. The minimum Gasteiger partial charge on any atom is -0.481 e. The highest BCUT2D eigenvalue weighted by molar-refractivity contribution is 5.74. The molecular weight excluding hydrogens is 221 g/mol. The van der Waals surface area contributed by atoms with Crippen LogP contribution in [-0.2, 0) is 11.2 Å². The molecule has 16 heavy (non-hydrogen) atoms. The Morgan fingerprint density at radius 2 is 1.69 bits per heavy atom. The van der Waals surface area contributed by atoms with E-state index >= 15 is 0 Å². The molecule has 0 spiro atoms. The molecule has 0 heterocycles. The summed E-state index contributed by atoms with van der Waals surface area (Å²) in [4.78, 5) is 10.8. The average Bonchev–Trinajstić information content (AvgIpc) is 2.13. The van der Waals surface area contributed by atoms with E-state index in [1.165, 1.54) is 13.8 Å². The van der Waals surface area contributed by atoms with Crippen LogP contribution in [0.1, 0.15) is 19.4 Å². The molecule has 0 atom stereocenters. The summed E-state index contributed by atoms with van der Waals surface area (Å²) in [6.45, 7) is 2.85. The van der Waals surface area contributed by atoms with Gasteiger partial charge in [0.2, 0.25) is 0 Å². The number of benzene rings is 1. The lowest BCUT2D eigenvalue weighted by molar-refractivity contribution is -0.146. The van der Waals surface area contributed by atoms with Gasteiger partial charge in [0.1, 0.15) is 0 Å². The molecule has 1 rings (SSSR count). The fourth-order valence-corrected chi connectivity index (χ4v) is 1.30. The standard InChI is InChI=1S/C11H11F3O2/c1-11(2,10(15)16)5-6-3-7(12)9(14)8(13)4-6/h3-4H,5H2,1-2H3,(H,15,16). The van der Waals surface area contributed by atoms with E-state index in [-0.39, 0.29) is 12.0 Å². The predicted octanol–water partition coefficient (Wildman–Crippen LogP) is 2.76. The largest absolute Gasteiger partial charge is 0.481 e. The molecule has 0 amide bonds. The van der Waals surface area contributed by atoms with Crippen molar-refractivity contribution in [3.05, 3.63) is 35.1 Å². The Balaban J connectivity index is 3.04. The van der Waals surface area contributed by atoms with Crippen molar-refractivity contribution in [1.29, 1.82) is 0 Å².